The van der Waals surface area contributed by atoms with E-state index in [1.165, 1.54) is 5.56 Å². The summed E-state index contributed by atoms with van der Waals surface area (Å²) in [5, 5.41) is 0. The third-order valence-electron chi connectivity index (χ3n) is 6.76. The lowest BCUT2D eigenvalue weighted by molar-refractivity contribution is 0.215. The van der Waals surface area contributed by atoms with E-state index in [4.69, 9.17) is 19.5 Å². The molecule has 0 saturated carbocycles. The summed E-state index contributed by atoms with van der Waals surface area (Å²) < 4.78 is 12.6. The van der Waals surface area contributed by atoms with Crippen molar-refractivity contribution in [3.05, 3.63) is 60.2 Å². The zero-order valence-corrected chi connectivity index (χ0v) is 19.8. The van der Waals surface area contributed by atoms with Crippen molar-refractivity contribution in [2.75, 3.05) is 13.2 Å². The molecule has 4 heteroatoms. The first-order chi connectivity index (χ1) is 14.6. The van der Waals surface area contributed by atoms with Crippen LogP contribution in [0.2, 0.25) is 0 Å². The number of allylic oxidation sites excluding steroid dienone is 4. The number of hydrogen-bond donors (Lipinski definition) is 0. The van der Waals surface area contributed by atoms with E-state index < -0.39 is 0 Å². The van der Waals surface area contributed by atoms with Crippen molar-refractivity contribution in [3.63, 3.8) is 0 Å². The SMILES string of the molecule is CC(C)(C)[C@H]1COC(C(C2=N[C@@H](C(C)(C)C)CO2)C2(c3ccccc3)C=CC=CC2)=N1. The van der Waals surface area contributed by atoms with Gasteiger partial charge in [0.1, 0.15) is 19.1 Å². The molecule has 0 fully saturated rings. The van der Waals surface area contributed by atoms with E-state index in [2.05, 4.69) is 96.2 Å². The molecule has 4 rings (SSSR count). The van der Waals surface area contributed by atoms with E-state index in [9.17, 15) is 0 Å². The second-order valence-electron chi connectivity index (χ2n) is 11.2. The number of aliphatic imine (C=N–C) groups is 2. The molecule has 2 heterocycles. The van der Waals surface area contributed by atoms with Gasteiger partial charge in [0.15, 0.2) is 11.8 Å². The summed E-state index contributed by atoms with van der Waals surface area (Å²) in [6.07, 6.45) is 9.62. The summed E-state index contributed by atoms with van der Waals surface area (Å²) in [5.74, 6) is 1.34. The average molecular weight is 421 g/mol. The van der Waals surface area contributed by atoms with Gasteiger partial charge in [-0.3, -0.25) is 0 Å². The lowest BCUT2D eigenvalue weighted by atomic mass is 9.66. The fourth-order valence-corrected chi connectivity index (χ4v) is 4.51. The fraction of sp³-hybridized carbons (Fsp3) is 0.556. The standard InChI is InChI=1S/C27H36N2O2/c1-25(2,3)20-17-30-23(28-20)22(24-29-21(18-31-24)26(4,5)6)27(15-11-8-12-16-27)19-13-9-7-10-14-19/h7-15,20-22H,16-18H2,1-6H3/t20-,21-,27?/m1/s1. The van der Waals surface area contributed by atoms with Crippen molar-refractivity contribution in [1.29, 1.82) is 0 Å². The molecule has 4 nitrogen and oxygen atoms in total. The van der Waals surface area contributed by atoms with Gasteiger partial charge < -0.3 is 9.47 Å². The Morgan fingerprint density at radius 1 is 0.839 bits per heavy atom. The fourth-order valence-electron chi connectivity index (χ4n) is 4.51. The summed E-state index contributed by atoms with van der Waals surface area (Å²) >= 11 is 0. The van der Waals surface area contributed by atoms with Gasteiger partial charge in [0.2, 0.25) is 0 Å². The quantitative estimate of drug-likeness (QED) is 0.623. The Hall–Kier alpha value is -2.36. The van der Waals surface area contributed by atoms with E-state index in [0.717, 1.165) is 18.2 Å². The zero-order chi connectivity index (χ0) is 22.3. The topological polar surface area (TPSA) is 43.2 Å². The lowest BCUT2D eigenvalue weighted by Crippen LogP contribution is -2.44. The molecule has 3 aliphatic rings. The summed E-state index contributed by atoms with van der Waals surface area (Å²) in [4.78, 5) is 10.2. The maximum atomic E-state index is 6.32. The van der Waals surface area contributed by atoms with E-state index in [0.29, 0.717) is 13.2 Å². The molecular formula is C27H36N2O2. The molecule has 0 radical (unpaired) electrons. The Morgan fingerprint density at radius 2 is 1.39 bits per heavy atom. The summed E-state index contributed by atoms with van der Waals surface area (Å²) in [6, 6.07) is 10.9. The average Bonchev–Trinajstić information content (AvgIpc) is 3.40. The summed E-state index contributed by atoms with van der Waals surface area (Å²) in [5.41, 5.74) is 0.978. The number of hydrogen-bond acceptors (Lipinski definition) is 4. The number of rotatable bonds is 4. The molecule has 1 aromatic rings. The Morgan fingerprint density at radius 3 is 1.81 bits per heavy atom. The van der Waals surface area contributed by atoms with Crippen LogP contribution >= 0.6 is 0 Å². The van der Waals surface area contributed by atoms with Crippen molar-refractivity contribution >= 4 is 11.8 Å². The summed E-state index contributed by atoms with van der Waals surface area (Å²) in [7, 11) is 0. The molecule has 0 N–H and O–H groups in total. The third kappa shape index (κ3) is 4.22. The molecule has 1 aliphatic carbocycles. The van der Waals surface area contributed by atoms with Gasteiger partial charge in [-0.25, -0.2) is 9.98 Å². The highest BCUT2D eigenvalue weighted by molar-refractivity contribution is 6.04. The Labute approximate surface area is 187 Å². The number of ether oxygens (including phenoxy) is 2. The van der Waals surface area contributed by atoms with Crippen molar-refractivity contribution in [1.82, 2.24) is 0 Å². The van der Waals surface area contributed by atoms with E-state index in [-0.39, 0.29) is 34.2 Å². The maximum Gasteiger partial charge on any atom is 0.197 e. The van der Waals surface area contributed by atoms with Gasteiger partial charge >= 0.3 is 0 Å². The minimum atomic E-state index is -0.340. The molecule has 0 bridgehead atoms. The zero-order valence-electron chi connectivity index (χ0n) is 19.8. The molecular weight excluding hydrogens is 384 g/mol. The molecule has 0 saturated heterocycles. The van der Waals surface area contributed by atoms with Crippen LogP contribution in [0.1, 0.15) is 53.5 Å². The van der Waals surface area contributed by atoms with Crippen LogP contribution in [-0.4, -0.2) is 37.1 Å². The molecule has 2 aliphatic heterocycles. The normalized spacial score (nSPS) is 28.4. The minimum absolute atomic E-state index is 0.0425. The molecule has 166 valence electrons. The molecule has 31 heavy (non-hydrogen) atoms. The van der Waals surface area contributed by atoms with Crippen LogP contribution in [-0.2, 0) is 14.9 Å². The monoisotopic (exact) mass is 420 g/mol. The van der Waals surface area contributed by atoms with Gasteiger partial charge in [0.05, 0.1) is 12.1 Å². The third-order valence-corrected chi connectivity index (χ3v) is 6.76. The van der Waals surface area contributed by atoms with E-state index >= 15 is 0 Å². The highest BCUT2D eigenvalue weighted by Gasteiger charge is 2.50. The molecule has 0 aromatic heterocycles. The first-order valence-corrected chi connectivity index (χ1v) is 11.4. The van der Waals surface area contributed by atoms with E-state index in [1.54, 1.807) is 0 Å². The van der Waals surface area contributed by atoms with Crippen LogP contribution in [0.3, 0.4) is 0 Å². The Bertz CT molecular complexity index is 875. The van der Waals surface area contributed by atoms with Gasteiger partial charge in [-0.15, -0.1) is 0 Å². The van der Waals surface area contributed by atoms with Crippen molar-refractivity contribution in [3.8, 4) is 0 Å². The van der Waals surface area contributed by atoms with Crippen LogP contribution in [0, 0.1) is 16.7 Å². The molecule has 0 spiro atoms. The number of nitrogens with zero attached hydrogens (tertiary/aromatic N) is 2. The Kier molecular flexibility index (Phi) is 5.61. The van der Waals surface area contributed by atoms with Gasteiger partial charge in [-0.2, -0.15) is 0 Å². The van der Waals surface area contributed by atoms with Crippen LogP contribution in [0.5, 0.6) is 0 Å². The van der Waals surface area contributed by atoms with Crippen molar-refractivity contribution < 1.29 is 9.47 Å². The van der Waals surface area contributed by atoms with Gasteiger partial charge in [-0.05, 0) is 22.8 Å². The molecule has 1 aromatic carbocycles. The predicted octanol–water partition coefficient (Wildman–Crippen LogP) is 5.74. The van der Waals surface area contributed by atoms with Gasteiger partial charge in [0.25, 0.3) is 0 Å². The first-order valence-electron chi connectivity index (χ1n) is 11.4. The van der Waals surface area contributed by atoms with E-state index in [1.807, 2.05) is 0 Å². The molecule has 0 amide bonds. The summed E-state index contributed by atoms with van der Waals surface area (Å²) in [6.45, 7) is 14.5. The minimum Gasteiger partial charge on any atom is -0.478 e. The second-order valence-corrected chi connectivity index (χ2v) is 11.2. The predicted molar refractivity (Wildman–Crippen MR) is 128 cm³/mol. The van der Waals surface area contributed by atoms with Gasteiger partial charge in [-0.1, -0.05) is 96.2 Å². The van der Waals surface area contributed by atoms with Crippen LogP contribution in [0.25, 0.3) is 0 Å². The number of benzene rings is 1. The first kappa shape index (κ1) is 21.9. The van der Waals surface area contributed by atoms with Crippen LogP contribution in [0.4, 0.5) is 0 Å². The Balaban J connectivity index is 1.85. The van der Waals surface area contributed by atoms with Crippen molar-refractivity contribution in [2.24, 2.45) is 26.7 Å². The smallest absolute Gasteiger partial charge is 0.197 e. The largest absolute Gasteiger partial charge is 0.478 e. The lowest BCUT2D eigenvalue weighted by Gasteiger charge is -2.38. The maximum absolute atomic E-state index is 6.32. The van der Waals surface area contributed by atoms with Gasteiger partial charge in [0, 0.05) is 5.41 Å². The van der Waals surface area contributed by atoms with Crippen LogP contribution in [0.15, 0.2) is 64.6 Å². The van der Waals surface area contributed by atoms with Crippen LogP contribution < -0.4 is 0 Å². The highest BCUT2D eigenvalue weighted by Crippen LogP contribution is 2.44. The highest BCUT2D eigenvalue weighted by atomic mass is 16.5. The molecule has 3 atom stereocenters. The van der Waals surface area contributed by atoms with Crippen molar-refractivity contribution in [2.45, 2.75) is 65.5 Å². The molecule has 1 unspecified atom stereocenters. The second kappa shape index (κ2) is 7.96.